The van der Waals surface area contributed by atoms with E-state index in [4.69, 9.17) is 14.5 Å². The minimum atomic E-state index is -0.816. The largest absolute Gasteiger partial charge is 0.489 e. The Balaban J connectivity index is 1.36. The molecule has 9 nitrogen and oxygen atoms in total. The molecule has 0 aliphatic carbocycles. The van der Waals surface area contributed by atoms with E-state index in [9.17, 15) is 19.7 Å². The van der Waals surface area contributed by atoms with Gasteiger partial charge < -0.3 is 14.4 Å². The minimum absolute atomic E-state index is 0.0187. The van der Waals surface area contributed by atoms with Crippen LogP contribution < -0.4 is 4.74 Å². The number of nitro benzene ring substituents is 1. The van der Waals surface area contributed by atoms with Crippen LogP contribution in [0.15, 0.2) is 54.1 Å². The van der Waals surface area contributed by atoms with Gasteiger partial charge in [0.25, 0.3) is 5.69 Å². The fourth-order valence-corrected chi connectivity index (χ4v) is 6.14. The predicted octanol–water partition coefficient (Wildman–Crippen LogP) is 5.20. The van der Waals surface area contributed by atoms with Crippen molar-refractivity contribution in [3.05, 3.63) is 86.6 Å². The lowest BCUT2D eigenvalue weighted by Crippen LogP contribution is -2.50. The Hall–Kier alpha value is -4.27. The monoisotopic (exact) mass is 527 g/mol. The summed E-state index contributed by atoms with van der Waals surface area (Å²) in [6, 6.07) is 11.8. The first-order valence-electron chi connectivity index (χ1n) is 13.3. The molecule has 3 aliphatic heterocycles. The summed E-state index contributed by atoms with van der Waals surface area (Å²) in [5.41, 5.74) is 4.60. The molecule has 200 valence electrons. The van der Waals surface area contributed by atoms with Crippen molar-refractivity contribution in [1.82, 2.24) is 9.88 Å². The number of nitro groups is 1. The fraction of sp³-hybridized carbons (Fsp3) is 0.367. The Morgan fingerprint density at radius 1 is 1.21 bits per heavy atom. The van der Waals surface area contributed by atoms with Gasteiger partial charge >= 0.3 is 5.97 Å². The summed E-state index contributed by atoms with van der Waals surface area (Å²) in [7, 11) is 0. The molecule has 2 unspecified atom stereocenters. The van der Waals surface area contributed by atoms with Gasteiger partial charge in [-0.1, -0.05) is 32.1 Å². The number of nitrogens with zero attached hydrogens (tertiary/aromatic N) is 3. The van der Waals surface area contributed by atoms with Crippen molar-refractivity contribution in [2.45, 2.75) is 52.8 Å². The number of hydrogen-bond acceptors (Lipinski definition) is 7. The summed E-state index contributed by atoms with van der Waals surface area (Å²) < 4.78 is 11.5. The number of rotatable bonds is 6. The Bertz CT molecular complexity index is 1580. The van der Waals surface area contributed by atoms with Crippen LogP contribution in [0.3, 0.4) is 0 Å². The second-order valence-electron chi connectivity index (χ2n) is 10.6. The van der Waals surface area contributed by atoms with E-state index in [1.54, 1.807) is 12.1 Å². The molecule has 3 aliphatic rings. The van der Waals surface area contributed by atoms with E-state index in [2.05, 4.69) is 13.0 Å². The molecule has 1 aromatic heterocycles. The molecular weight excluding hydrogens is 498 g/mol. The average Bonchev–Trinajstić information content (AvgIpc) is 3.31. The van der Waals surface area contributed by atoms with Gasteiger partial charge in [-0.25, -0.2) is 4.98 Å². The number of aryl methyl sites for hydroxylation is 1. The zero-order valence-corrected chi connectivity index (χ0v) is 22.1. The number of aromatic nitrogens is 1. The van der Waals surface area contributed by atoms with Crippen molar-refractivity contribution in [1.29, 1.82) is 0 Å². The van der Waals surface area contributed by atoms with E-state index in [-0.39, 0.29) is 36.8 Å². The van der Waals surface area contributed by atoms with Crippen LogP contribution in [0.2, 0.25) is 0 Å². The van der Waals surface area contributed by atoms with Crippen molar-refractivity contribution in [3.63, 3.8) is 0 Å². The van der Waals surface area contributed by atoms with Gasteiger partial charge in [-0.15, -0.1) is 0 Å². The molecule has 1 fully saturated rings. The van der Waals surface area contributed by atoms with Gasteiger partial charge in [-0.05, 0) is 60.2 Å². The van der Waals surface area contributed by atoms with Crippen LogP contribution in [0, 0.1) is 21.4 Å². The summed E-state index contributed by atoms with van der Waals surface area (Å²) in [5.74, 6) is -0.105. The highest BCUT2D eigenvalue weighted by Gasteiger charge is 2.53. The number of non-ortho nitro benzene ring substituents is 1. The molecule has 6 rings (SSSR count). The molecule has 1 amide bonds. The van der Waals surface area contributed by atoms with E-state index >= 15 is 0 Å². The van der Waals surface area contributed by atoms with Gasteiger partial charge in [-0.2, -0.15) is 0 Å². The van der Waals surface area contributed by atoms with E-state index in [0.29, 0.717) is 24.3 Å². The second kappa shape index (κ2) is 9.18. The Labute approximate surface area is 225 Å². The maximum Gasteiger partial charge on any atom is 0.315 e. The molecular formula is C30H29N3O6. The SMILES string of the molecule is CCc1c2c(nc3ccc(OCc4cccc([N+](=O)[O-])c4)cc13)C1C=C3C(COC(=O)[C@]3(C)CC)C(=O)N1C2. The highest BCUT2D eigenvalue weighted by molar-refractivity contribution is 5.92. The first-order chi connectivity index (χ1) is 18.7. The number of cyclic esters (lactones) is 1. The summed E-state index contributed by atoms with van der Waals surface area (Å²) in [5, 5.41) is 12.1. The lowest BCUT2D eigenvalue weighted by Gasteiger charge is -2.43. The van der Waals surface area contributed by atoms with Crippen molar-refractivity contribution >= 4 is 28.5 Å². The molecule has 0 bridgehead atoms. The smallest absolute Gasteiger partial charge is 0.315 e. The lowest BCUT2D eigenvalue weighted by molar-refractivity contribution is -0.384. The van der Waals surface area contributed by atoms with E-state index in [1.165, 1.54) is 12.1 Å². The minimum Gasteiger partial charge on any atom is -0.489 e. The van der Waals surface area contributed by atoms with Gasteiger partial charge in [0, 0.05) is 24.1 Å². The Morgan fingerprint density at radius 2 is 2.03 bits per heavy atom. The third kappa shape index (κ3) is 3.87. The fourth-order valence-electron chi connectivity index (χ4n) is 6.14. The predicted molar refractivity (Wildman–Crippen MR) is 143 cm³/mol. The molecule has 0 radical (unpaired) electrons. The zero-order chi connectivity index (χ0) is 27.5. The summed E-state index contributed by atoms with van der Waals surface area (Å²) in [6.45, 7) is 6.64. The highest BCUT2D eigenvalue weighted by Crippen LogP contribution is 2.50. The molecule has 3 aromatic rings. The number of amides is 1. The van der Waals surface area contributed by atoms with Crippen molar-refractivity contribution in [2.24, 2.45) is 11.3 Å². The highest BCUT2D eigenvalue weighted by atomic mass is 16.6. The van der Waals surface area contributed by atoms with Crippen LogP contribution in [0.4, 0.5) is 5.69 Å². The Kier molecular flexibility index (Phi) is 5.89. The summed E-state index contributed by atoms with van der Waals surface area (Å²) >= 11 is 0. The van der Waals surface area contributed by atoms with Crippen molar-refractivity contribution in [2.75, 3.05) is 6.61 Å². The van der Waals surface area contributed by atoms with Gasteiger partial charge in [0.05, 0.1) is 33.5 Å². The van der Waals surface area contributed by atoms with Crippen molar-refractivity contribution < 1.29 is 24.0 Å². The number of hydrogen-bond donors (Lipinski definition) is 0. The zero-order valence-electron chi connectivity index (χ0n) is 22.1. The Morgan fingerprint density at radius 3 is 2.77 bits per heavy atom. The standard InChI is InChI=1S/C30H29N3O6/c1-4-20-21-12-19(38-15-17-7-6-8-18(11-17)33(36)37)9-10-25(21)31-27-22(20)14-32-26(27)13-24-23(28(32)34)16-39-29(35)30(24,3)5-2/h6-13,23,26H,4-5,14-16H2,1-3H3/t23?,26?,30-/m1/s1. The number of carbonyl (C=O) groups excluding carboxylic acids is 2. The van der Waals surface area contributed by atoms with Gasteiger partial charge in [0.15, 0.2) is 0 Å². The molecule has 3 atom stereocenters. The molecule has 0 spiro atoms. The van der Waals surface area contributed by atoms with Crippen LogP contribution in [-0.4, -0.2) is 33.3 Å². The second-order valence-corrected chi connectivity index (χ2v) is 10.6. The number of pyridine rings is 1. The first-order valence-corrected chi connectivity index (χ1v) is 13.3. The van der Waals surface area contributed by atoms with Gasteiger partial charge in [0.2, 0.25) is 5.91 Å². The maximum atomic E-state index is 13.7. The summed E-state index contributed by atoms with van der Waals surface area (Å²) in [6.07, 6.45) is 3.39. The number of carbonyl (C=O) groups is 2. The van der Waals surface area contributed by atoms with Crippen LogP contribution in [0.25, 0.3) is 10.9 Å². The van der Waals surface area contributed by atoms with Crippen LogP contribution in [0.5, 0.6) is 5.75 Å². The first kappa shape index (κ1) is 25.0. The average molecular weight is 528 g/mol. The molecule has 0 N–H and O–H groups in total. The quantitative estimate of drug-likeness (QED) is 0.188. The number of esters is 1. The van der Waals surface area contributed by atoms with Crippen LogP contribution in [0.1, 0.15) is 55.6 Å². The normalized spacial score (nSPS) is 23.6. The van der Waals surface area contributed by atoms with Gasteiger partial charge in [-0.3, -0.25) is 19.7 Å². The molecule has 39 heavy (non-hydrogen) atoms. The van der Waals surface area contributed by atoms with Gasteiger partial charge in [0.1, 0.15) is 19.0 Å². The topological polar surface area (TPSA) is 112 Å². The van der Waals surface area contributed by atoms with E-state index in [0.717, 1.165) is 39.7 Å². The molecule has 4 heterocycles. The lowest BCUT2D eigenvalue weighted by atomic mass is 9.70. The number of ether oxygens (including phenoxy) is 2. The van der Waals surface area contributed by atoms with E-state index in [1.807, 2.05) is 36.9 Å². The molecule has 1 saturated heterocycles. The maximum absolute atomic E-state index is 13.7. The molecule has 9 heteroatoms. The number of fused-ring (bicyclic) bond motifs is 5. The van der Waals surface area contributed by atoms with E-state index < -0.39 is 16.3 Å². The van der Waals surface area contributed by atoms with Crippen LogP contribution >= 0.6 is 0 Å². The molecule has 2 aromatic carbocycles. The number of benzene rings is 2. The van der Waals surface area contributed by atoms with Crippen molar-refractivity contribution in [3.8, 4) is 5.75 Å². The third-order valence-corrected chi connectivity index (χ3v) is 8.50. The molecule has 0 saturated carbocycles. The summed E-state index contributed by atoms with van der Waals surface area (Å²) in [4.78, 5) is 43.9. The van der Waals surface area contributed by atoms with Crippen LogP contribution in [-0.2, 0) is 33.9 Å². The third-order valence-electron chi connectivity index (χ3n) is 8.50.